The summed E-state index contributed by atoms with van der Waals surface area (Å²) in [5, 5.41) is 1.85. The Balaban J connectivity index is 2.25. The Kier molecular flexibility index (Phi) is 5.79. The highest BCUT2D eigenvalue weighted by Crippen LogP contribution is 2.43. The number of esters is 1. The second-order valence-electron chi connectivity index (χ2n) is 9.51. The molecule has 154 valence electrons. The lowest BCUT2D eigenvalue weighted by atomic mass is 9.78. The second-order valence-corrected chi connectivity index (χ2v) is 9.51. The molecule has 0 bridgehead atoms. The van der Waals surface area contributed by atoms with Gasteiger partial charge >= 0.3 is 5.97 Å². The number of piperidine rings is 1. The molecular weight excluding hydrogens is 348 g/mol. The van der Waals surface area contributed by atoms with Crippen LogP contribution >= 0.6 is 0 Å². The van der Waals surface area contributed by atoms with Gasteiger partial charge in [0.15, 0.2) is 5.60 Å². The number of carbonyl (C=O) groups excluding carboxylic acids is 3. The fourth-order valence-corrected chi connectivity index (χ4v) is 4.40. The topological polar surface area (TPSA) is 76.2 Å². The summed E-state index contributed by atoms with van der Waals surface area (Å²) in [6.07, 6.45) is 1.45. The standard InChI is InChI=1S/C20H34N2O5/c1-9-26-17(25)20(7,8)27-22-18(3,4)11-14(12-19(22,5)6)21-15(23)10-13(2)16(21)24/h13-14H,9-12H2,1-8H3. The SMILES string of the molecule is CCOC(=O)C(C)(C)ON1C(C)(C)CC(N2C(=O)CC(C)C2=O)CC1(C)C. The van der Waals surface area contributed by atoms with Crippen molar-refractivity contribution in [2.45, 2.75) is 97.4 Å². The van der Waals surface area contributed by atoms with Gasteiger partial charge in [0.1, 0.15) is 0 Å². The molecule has 2 aliphatic rings. The van der Waals surface area contributed by atoms with Gasteiger partial charge in [-0.05, 0) is 61.3 Å². The Morgan fingerprint density at radius 3 is 2.07 bits per heavy atom. The van der Waals surface area contributed by atoms with E-state index >= 15 is 0 Å². The van der Waals surface area contributed by atoms with E-state index < -0.39 is 22.6 Å². The highest BCUT2D eigenvalue weighted by molar-refractivity contribution is 6.03. The lowest BCUT2D eigenvalue weighted by Gasteiger charge is -2.56. The minimum absolute atomic E-state index is 0.0854. The maximum atomic E-state index is 12.5. The van der Waals surface area contributed by atoms with Crippen molar-refractivity contribution < 1.29 is 24.0 Å². The van der Waals surface area contributed by atoms with Crippen molar-refractivity contribution in [1.29, 1.82) is 0 Å². The zero-order chi connectivity index (χ0) is 20.8. The second kappa shape index (κ2) is 7.17. The molecule has 0 aliphatic carbocycles. The van der Waals surface area contributed by atoms with Crippen LogP contribution in [-0.4, -0.2) is 57.1 Å². The third kappa shape index (κ3) is 4.19. The molecule has 2 amide bonds. The molecule has 0 N–H and O–H groups in total. The van der Waals surface area contributed by atoms with Crippen molar-refractivity contribution in [3.8, 4) is 0 Å². The van der Waals surface area contributed by atoms with E-state index in [4.69, 9.17) is 9.57 Å². The zero-order valence-corrected chi connectivity index (χ0v) is 17.9. The quantitative estimate of drug-likeness (QED) is 0.537. The minimum atomic E-state index is -1.13. The fourth-order valence-electron chi connectivity index (χ4n) is 4.40. The molecule has 2 heterocycles. The summed E-state index contributed by atoms with van der Waals surface area (Å²) < 4.78 is 5.14. The Morgan fingerprint density at radius 1 is 1.15 bits per heavy atom. The third-order valence-corrected chi connectivity index (χ3v) is 5.43. The maximum absolute atomic E-state index is 12.5. The minimum Gasteiger partial charge on any atom is -0.464 e. The van der Waals surface area contributed by atoms with Crippen molar-refractivity contribution in [1.82, 2.24) is 9.96 Å². The number of amides is 2. The van der Waals surface area contributed by atoms with Crippen LogP contribution in [0.4, 0.5) is 0 Å². The Hall–Kier alpha value is -1.47. The number of hydrogen-bond donors (Lipinski definition) is 0. The molecule has 2 aliphatic heterocycles. The van der Waals surface area contributed by atoms with E-state index in [-0.39, 0.29) is 36.8 Å². The van der Waals surface area contributed by atoms with Crippen LogP contribution in [0.3, 0.4) is 0 Å². The average Bonchev–Trinajstić information content (AvgIpc) is 2.75. The lowest BCUT2D eigenvalue weighted by molar-refractivity contribution is -0.328. The number of hydrogen-bond acceptors (Lipinski definition) is 6. The molecule has 0 saturated carbocycles. The van der Waals surface area contributed by atoms with E-state index in [9.17, 15) is 14.4 Å². The molecule has 0 aromatic heterocycles. The summed E-state index contributed by atoms with van der Waals surface area (Å²) in [6.45, 7) is 15.3. The smallest absolute Gasteiger partial charge is 0.339 e. The number of hydroxylamine groups is 2. The molecule has 2 rings (SSSR count). The van der Waals surface area contributed by atoms with Crippen LogP contribution in [0.25, 0.3) is 0 Å². The molecule has 1 atom stereocenters. The van der Waals surface area contributed by atoms with Crippen LogP contribution in [0.2, 0.25) is 0 Å². The molecule has 2 saturated heterocycles. The molecule has 0 aromatic rings. The fraction of sp³-hybridized carbons (Fsp3) is 0.850. The first-order chi connectivity index (χ1) is 12.2. The molecule has 7 heteroatoms. The number of carbonyl (C=O) groups is 3. The summed E-state index contributed by atoms with van der Waals surface area (Å²) >= 11 is 0. The first kappa shape index (κ1) is 21.8. The van der Waals surface area contributed by atoms with Crippen molar-refractivity contribution in [3.05, 3.63) is 0 Å². The normalized spacial score (nSPS) is 26.5. The van der Waals surface area contributed by atoms with Gasteiger partial charge in [0.25, 0.3) is 0 Å². The van der Waals surface area contributed by atoms with Crippen LogP contribution in [0, 0.1) is 5.92 Å². The van der Waals surface area contributed by atoms with Gasteiger partial charge in [0.05, 0.1) is 6.61 Å². The van der Waals surface area contributed by atoms with Gasteiger partial charge in [0, 0.05) is 29.5 Å². The van der Waals surface area contributed by atoms with Gasteiger partial charge in [-0.25, -0.2) is 4.79 Å². The van der Waals surface area contributed by atoms with Crippen LogP contribution in [0.1, 0.15) is 74.7 Å². The third-order valence-electron chi connectivity index (χ3n) is 5.43. The monoisotopic (exact) mass is 382 g/mol. The van der Waals surface area contributed by atoms with Gasteiger partial charge < -0.3 is 4.74 Å². The lowest BCUT2D eigenvalue weighted by Crippen LogP contribution is -2.66. The van der Waals surface area contributed by atoms with E-state index in [1.54, 1.807) is 27.7 Å². The molecule has 0 radical (unpaired) electrons. The van der Waals surface area contributed by atoms with Gasteiger partial charge in [0.2, 0.25) is 11.8 Å². The van der Waals surface area contributed by atoms with Crippen LogP contribution < -0.4 is 0 Å². The Labute approximate surface area is 162 Å². The van der Waals surface area contributed by atoms with E-state index in [0.29, 0.717) is 12.8 Å². The predicted molar refractivity (Wildman–Crippen MR) is 100 cm³/mol. The molecule has 0 aromatic carbocycles. The van der Waals surface area contributed by atoms with E-state index in [2.05, 4.69) is 0 Å². The first-order valence-electron chi connectivity index (χ1n) is 9.75. The van der Waals surface area contributed by atoms with Gasteiger partial charge in [-0.3, -0.25) is 19.3 Å². The van der Waals surface area contributed by atoms with Gasteiger partial charge in [-0.2, -0.15) is 5.06 Å². The number of likely N-dealkylation sites (tertiary alicyclic amines) is 1. The van der Waals surface area contributed by atoms with E-state index in [1.165, 1.54) is 4.90 Å². The number of rotatable bonds is 5. The molecule has 7 nitrogen and oxygen atoms in total. The van der Waals surface area contributed by atoms with E-state index in [1.807, 2.05) is 32.8 Å². The van der Waals surface area contributed by atoms with Crippen molar-refractivity contribution >= 4 is 17.8 Å². The van der Waals surface area contributed by atoms with Crippen molar-refractivity contribution in [2.75, 3.05) is 6.61 Å². The van der Waals surface area contributed by atoms with Gasteiger partial charge in [-0.15, -0.1) is 0 Å². The van der Waals surface area contributed by atoms with Crippen LogP contribution in [-0.2, 0) is 24.0 Å². The summed E-state index contributed by atoms with van der Waals surface area (Å²) in [6, 6.07) is -0.175. The predicted octanol–water partition coefficient (Wildman–Crippen LogP) is 2.68. The Morgan fingerprint density at radius 2 is 1.67 bits per heavy atom. The first-order valence-corrected chi connectivity index (χ1v) is 9.75. The summed E-state index contributed by atoms with van der Waals surface area (Å²) in [4.78, 5) is 44.8. The molecular formula is C20H34N2O5. The zero-order valence-electron chi connectivity index (χ0n) is 17.9. The highest BCUT2D eigenvalue weighted by Gasteiger charge is 2.53. The van der Waals surface area contributed by atoms with Crippen molar-refractivity contribution in [3.63, 3.8) is 0 Å². The van der Waals surface area contributed by atoms with Crippen LogP contribution in [0.5, 0.6) is 0 Å². The van der Waals surface area contributed by atoms with E-state index in [0.717, 1.165) is 0 Å². The summed E-state index contributed by atoms with van der Waals surface area (Å²) in [7, 11) is 0. The largest absolute Gasteiger partial charge is 0.464 e. The summed E-state index contributed by atoms with van der Waals surface area (Å²) in [5.74, 6) is -0.846. The maximum Gasteiger partial charge on any atom is 0.339 e. The van der Waals surface area contributed by atoms with Gasteiger partial charge in [-0.1, -0.05) is 6.92 Å². The number of ether oxygens (including phenoxy) is 1. The van der Waals surface area contributed by atoms with Crippen LogP contribution in [0.15, 0.2) is 0 Å². The molecule has 2 fully saturated rings. The number of nitrogens with zero attached hydrogens (tertiary/aromatic N) is 2. The van der Waals surface area contributed by atoms with Crippen molar-refractivity contribution in [2.24, 2.45) is 5.92 Å². The Bertz CT molecular complexity index is 608. The average molecular weight is 383 g/mol. The highest BCUT2D eigenvalue weighted by atomic mass is 16.7. The molecule has 27 heavy (non-hydrogen) atoms. The molecule has 1 unspecified atom stereocenters. The number of imide groups is 1. The summed E-state index contributed by atoms with van der Waals surface area (Å²) in [5.41, 5.74) is -2.10. The molecule has 0 spiro atoms.